The molecule has 1 fully saturated rings. The van der Waals surface area contributed by atoms with Crippen LogP contribution < -0.4 is 15.8 Å². The van der Waals surface area contributed by atoms with Crippen LogP contribution in [0.25, 0.3) is 10.8 Å². The number of rotatable bonds is 4. The van der Waals surface area contributed by atoms with Crippen LogP contribution in [0.2, 0.25) is 0 Å². The Hall–Kier alpha value is -3.59. The molecule has 5 rings (SSSR count). The van der Waals surface area contributed by atoms with E-state index in [2.05, 4.69) is 21.2 Å². The van der Waals surface area contributed by atoms with Gasteiger partial charge in [-0.15, -0.1) is 0 Å². The molecule has 1 aliphatic rings. The number of nitriles is 1. The van der Waals surface area contributed by atoms with Crippen molar-refractivity contribution >= 4 is 29.3 Å². The maximum atomic E-state index is 14.9. The quantitative estimate of drug-likeness (QED) is 0.442. The molecule has 0 bridgehead atoms. The third-order valence-corrected chi connectivity index (χ3v) is 9.57. The van der Waals surface area contributed by atoms with Crippen molar-refractivity contribution in [1.29, 1.82) is 5.26 Å². The number of nitrogens with zero attached hydrogens (tertiary/aromatic N) is 3. The van der Waals surface area contributed by atoms with Gasteiger partial charge in [-0.1, -0.05) is 24.3 Å². The van der Waals surface area contributed by atoms with Crippen LogP contribution in [0.1, 0.15) is 16.8 Å². The lowest BCUT2D eigenvalue weighted by molar-refractivity contribution is 0.586. The molecular formula is C26H23FN4O2P+. The van der Waals surface area contributed by atoms with Crippen LogP contribution in [-0.4, -0.2) is 40.5 Å². The van der Waals surface area contributed by atoms with Crippen molar-refractivity contribution in [2.45, 2.75) is 6.42 Å². The molecule has 2 N–H and O–H groups in total. The minimum atomic E-state index is -2.66. The van der Waals surface area contributed by atoms with Crippen LogP contribution in [0.3, 0.4) is 0 Å². The summed E-state index contributed by atoms with van der Waals surface area (Å²) >= 11 is 0. The molecule has 8 heteroatoms. The maximum Gasteiger partial charge on any atom is 0.272 e. The number of aromatic nitrogens is 2. The summed E-state index contributed by atoms with van der Waals surface area (Å²) in [6, 6.07) is 21.7. The summed E-state index contributed by atoms with van der Waals surface area (Å²) in [5.74, 6) is -0.384. The largest absolute Gasteiger partial charge is 0.364 e. The van der Waals surface area contributed by atoms with E-state index in [0.717, 1.165) is 16.6 Å². The smallest absolute Gasteiger partial charge is 0.272 e. The van der Waals surface area contributed by atoms with Crippen molar-refractivity contribution in [2.75, 3.05) is 30.3 Å². The van der Waals surface area contributed by atoms with Crippen molar-refractivity contribution in [3.8, 4) is 6.07 Å². The predicted octanol–water partition coefficient (Wildman–Crippen LogP) is 3.60. The Morgan fingerprint density at radius 3 is 2.47 bits per heavy atom. The number of anilines is 1. The average molecular weight is 473 g/mol. The molecule has 0 spiro atoms. The normalized spacial score (nSPS) is 15.3. The Kier molecular flexibility index (Phi) is 5.87. The molecule has 0 unspecified atom stereocenters. The maximum absolute atomic E-state index is 14.9. The number of halogens is 1. The lowest BCUT2D eigenvalue weighted by atomic mass is 10.0. The SMILES string of the molecule is N#Cc1ccc(N2CC[P+](O)(c3cc(Cc4n[nH]c(=O)c5ccccc45)ccc3F)CC2)cc1. The van der Waals surface area contributed by atoms with E-state index < -0.39 is 7.49 Å². The van der Waals surface area contributed by atoms with Crippen LogP contribution >= 0.6 is 7.49 Å². The Balaban J connectivity index is 1.38. The first kappa shape index (κ1) is 22.2. The molecule has 0 radical (unpaired) electrons. The Morgan fingerprint density at radius 2 is 1.76 bits per heavy atom. The van der Waals surface area contributed by atoms with Crippen LogP contribution in [0.5, 0.6) is 0 Å². The van der Waals surface area contributed by atoms with E-state index in [0.29, 0.717) is 53.8 Å². The number of hydrogen-bond acceptors (Lipinski definition) is 5. The highest BCUT2D eigenvalue weighted by Gasteiger charge is 2.44. The van der Waals surface area contributed by atoms with E-state index in [4.69, 9.17) is 5.26 Å². The number of nitrogens with one attached hydrogen (secondary N) is 1. The van der Waals surface area contributed by atoms with Gasteiger partial charge in [0.2, 0.25) is 0 Å². The summed E-state index contributed by atoms with van der Waals surface area (Å²) in [6.45, 7) is 1.23. The van der Waals surface area contributed by atoms with Crippen LogP contribution in [0, 0.1) is 17.1 Å². The molecular weight excluding hydrogens is 450 g/mol. The van der Waals surface area contributed by atoms with Gasteiger partial charge in [0.05, 0.1) is 35.8 Å². The Morgan fingerprint density at radius 1 is 1.06 bits per heavy atom. The summed E-state index contributed by atoms with van der Waals surface area (Å²) in [7, 11) is -2.66. The van der Waals surface area contributed by atoms with E-state index in [1.54, 1.807) is 30.3 Å². The van der Waals surface area contributed by atoms with Crippen LogP contribution in [0.15, 0.2) is 71.5 Å². The van der Waals surface area contributed by atoms with Crippen LogP contribution in [-0.2, 0) is 6.42 Å². The molecule has 34 heavy (non-hydrogen) atoms. The van der Waals surface area contributed by atoms with Crippen molar-refractivity contribution in [3.63, 3.8) is 0 Å². The van der Waals surface area contributed by atoms with Gasteiger partial charge in [-0.3, -0.25) is 4.79 Å². The van der Waals surface area contributed by atoms with Crippen molar-refractivity contribution in [1.82, 2.24) is 10.2 Å². The molecule has 0 atom stereocenters. The zero-order valence-corrected chi connectivity index (χ0v) is 19.3. The highest BCUT2D eigenvalue weighted by Crippen LogP contribution is 2.55. The molecule has 0 amide bonds. The second-order valence-electron chi connectivity index (χ2n) is 8.52. The fourth-order valence-electron chi connectivity index (χ4n) is 4.53. The fourth-order valence-corrected chi connectivity index (χ4v) is 7.26. The number of benzene rings is 3. The first-order valence-corrected chi connectivity index (χ1v) is 13.2. The molecule has 1 aliphatic heterocycles. The lowest BCUT2D eigenvalue weighted by Crippen LogP contribution is -2.40. The van der Waals surface area contributed by atoms with Gasteiger partial charge in [-0.25, -0.2) is 14.4 Å². The summed E-state index contributed by atoms with van der Waals surface area (Å²) in [6.07, 6.45) is 1.41. The van der Waals surface area contributed by atoms with Gasteiger partial charge in [-0.05, 0) is 48.0 Å². The van der Waals surface area contributed by atoms with Gasteiger partial charge < -0.3 is 4.90 Å². The zero-order chi connectivity index (χ0) is 23.7. The number of H-pyrrole nitrogens is 1. The number of hydrogen-bond donors (Lipinski definition) is 2. The second-order valence-corrected chi connectivity index (χ2v) is 11.7. The lowest BCUT2D eigenvalue weighted by Gasteiger charge is -2.34. The third kappa shape index (κ3) is 4.19. The van der Waals surface area contributed by atoms with E-state index in [1.165, 1.54) is 6.07 Å². The van der Waals surface area contributed by atoms with Gasteiger partial charge in [0.1, 0.15) is 12.3 Å². The molecule has 1 aromatic heterocycles. The standard InChI is InChI=1S/C26H22FN4O2P/c27-23-10-7-19(15-24-21-3-1-2-4-22(21)26(32)30-29-24)16-25(23)34(33)13-11-31(12-14-34)20-8-5-18(17-28)6-9-20/h1-10,16,33H,11-15H2/p+1. The van der Waals surface area contributed by atoms with Crippen molar-refractivity contribution < 1.29 is 9.28 Å². The van der Waals surface area contributed by atoms with Crippen LogP contribution in [0.4, 0.5) is 10.1 Å². The van der Waals surface area contributed by atoms with E-state index >= 15 is 0 Å². The predicted molar refractivity (Wildman–Crippen MR) is 133 cm³/mol. The van der Waals surface area contributed by atoms with Crippen molar-refractivity contribution in [2.24, 2.45) is 0 Å². The fraction of sp³-hybridized carbons (Fsp3) is 0.192. The monoisotopic (exact) mass is 473 g/mol. The topological polar surface area (TPSA) is 93.0 Å². The summed E-state index contributed by atoms with van der Waals surface area (Å²) < 4.78 is 14.9. The first-order valence-electron chi connectivity index (χ1n) is 11.1. The Bertz CT molecular complexity index is 1450. The minimum absolute atomic E-state index is 0.242. The summed E-state index contributed by atoms with van der Waals surface area (Å²) in [5.41, 5.74) is 2.90. The molecule has 6 nitrogen and oxygen atoms in total. The van der Waals surface area contributed by atoms with E-state index in [1.807, 2.05) is 30.3 Å². The average Bonchev–Trinajstić information content (AvgIpc) is 2.87. The summed E-state index contributed by atoms with van der Waals surface area (Å²) in [4.78, 5) is 25.7. The van der Waals surface area contributed by atoms with Gasteiger partial charge in [0.15, 0.2) is 18.6 Å². The van der Waals surface area contributed by atoms with Gasteiger partial charge >= 0.3 is 0 Å². The third-order valence-electron chi connectivity index (χ3n) is 6.45. The van der Waals surface area contributed by atoms with Crippen molar-refractivity contribution in [3.05, 3.63) is 99.7 Å². The molecule has 2 heterocycles. The molecule has 4 aromatic rings. The molecule has 0 aliphatic carbocycles. The van der Waals surface area contributed by atoms with E-state index in [-0.39, 0.29) is 11.4 Å². The second kappa shape index (κ2) is 8.98. The van der Waals surface area contributed by atoms with Gasteiger partial charge in [0.25, 0.3) is 5.56 Å². The highest BCUT2D eigenvalue weighted by molar-refractivity contribution is 7.77. The molecule has 3 aromatic carbocycles. The number of fused-ring (bicyclic) bond motifs is 1. The minimum Gasteiger partial charge on any atom is -0.364 e. The molecule has 170 valence electrons. The highest BCUT2D eigenvalue weighted by atomic mass is 31.2. The number of aromatic amines is 1. The van der Waals surface area contributed by atoms with E-state index in [9.17, 15) is 14.1 Å². The molecule has 1 saturated heterocycles. The zero-order valence-electron chi connectivity index (χ0n) is 18.4. The van der Waals surface area contributed by atoms with Gasteiger partial charge in [-0.2, -0.15) is 10.4 Å². The first-order chi connectivity index (χ1) is 16.5. The Labute approximate surface area is 196 Å². The van der Waals surface area contributed by atoms with Gasteiger partial charge in [0, 0.05) is 17.5 Å². The summed E-state index contributed by atoms with van der Waals surface area (Å²) in [5, 5.41) is 17.5. The molecule has 0 saturated carbocycles.